The van der Waals surface area contributed by atoms with Crippen molar-refractivity contribution < 1.29 is 9.90 Å². The molecule has 2 N–H and O–H groups in total. The summed E-state index contributed by atoms with van der Waals surface area (Å²) in [5.41, 5.74) is 3.64. The Balaban J connectivity index is 1.44. The summed E-state index contributed by atoms with van der Waals surface area (Å²) in [6, 6.07) is 11.0. The maximum absolute atomic E-state index is 13.1. The summed E-state index contributed by atoms with van der Waals surface area (Å²) >= 11 is 6.29. The third-order valence-electron chi connectivity index (χ3n) is 6.45. The first kappa shape index (κ1) is 22.1. The molecule has 5 rings (SSSR count). The van der Waals surface area contributed by atoms with E-state index < -0.39 is 5.91 Å². The van der Waals surface area contributed by atoms with E-state index in [1.807, 2.05) is 30.3 Å². The Morgan fingerprint density at radius 2 is 1.42 bits per heavy atom. The second-order valence-electron chi connectivity index (χ2n) is 8.92. The zero-order valence-corrected chi connectivity index (χ0v) is 19.3. The summed E-state index contributed by atoms with van der Waals surface area (Å²) in [5, 5.41) is 14.1. The molecule has 0 spiro atoms. The SMILES string of the molecule is O=C(Nc1cc(CN2CCCC2)c(O)c(CN2CCCC2)c1)c1nc2ccccc2nc1Cl. The number of aromatic hydroxyl groups is 1. The van der Waals surface area contributed by atoms with E-state index in [4.69, 9.17) is 11.6 Å². The van der Waals surface area contributed by atoms with Crippen LogP contribution in [0.5, 0.6) is 5.75 Å². The molecule has 2 aliphatic rings. The van der Waals surface area contributed by atoms with Crippen molar-refractivity contribution in [2.45, 2.75) is 38.8 Å². The highest BCUT2D eigenvalue weighted by atomic mass is 35.5. The van der Waals surface area contributed by atoms with Gasteiger partial charge in [-0.15, -0.1) is 0 Å². The maximum atomic E-state index is 13.1. The number of likely N-dealkylation sites (tertiary alicyclic amines) is 2. The van der Waals surface area contributed by atoms with Crippen LogP contribution in [0.3, 0.4) is 0 Å². The van der Waals surface area contributed by atoms with Crippen LogP contribution in [0.25, 0.3) is 11.0 Å². The van der Waals surface area contributed by atoms with Crippen LogP contribution in [0.1, 0.15) is 47.3 Å². The molecule has 0 saturated carbocycles. The number of fused-ring (bicyclic) bond motifs is 1. The molecule has 0 radical (unpaired) electrons. The predicted octanol–water partition coefficient (Wildman–Crippen LogP) is 4.43. The molecule has 2 fully saturated rings. The van der Waals surface area contributed by atoms with E-state index in [0.717, 1.165) is 37.3 Å². The van der Waals surface area contributed by atoms with Gasteiger partial charge in [-0.1, -0.05) is 23.7 Å². The Bertz CT molecular complexity index is 1130. The first-order valence-electron chi connectivity index (χ1n) is 11.6. The molecular formula is C25H28ClN5O2. The van der Waals surface area contributed by atoms with Gasteiger partial charge in [-0.05, 0) is 76.1 Å². The molecular weight excluding hydrogens is 438 g/mol. The molecule has 3 aromatic rings. The number of nitrogens with one attached hydrogen (secondary N) is 1. The molecule has 2 aliphatic heterocycles. The number of halogens is 1. The highest BCUT2D eigenvalue weighted by molar-refractivity contribution is 6.33. The Labute approximate surface area is 198 Å². The highest BCUT2D eigenvalue weighted by Gasteiger charge is 2.21. The van der Waals surface area contributed by atoms with E-state index >= 15 is 0 Å². The Morgan fingerprint density at radius 3 is 1.97 bits per heavy atom. The number of aromatic nitrogens is 2. The third-order valence-corrected chi connectivity index (χ3v) is 6.72. The molecule has 0 bridgehead atoms. The van der Waals surface area contributed by atoms with Gasteiger partial charge >= 0.3 is 0 Å². The second-order valence-corrected chi connectivity index (χ2v) is 9.27. The quantitative estimate of drug-likeness (QED) is 0.524. The lowest BCUT2D eigenvalue weighted by atomic mass is 10.1. The molecule has 33 heavy (non-hydrogen) atoms. The number of amides is 1. The van der Waals surface area contributed by atoms with Crippen LogP contribution >= 0.6 is 11.6 Å². The Kier molecular flexibility index (Phi) is 6.44. The largest absolute Gasteiger partial charge is 0.507 e. The molecule has 0 aliphatic carbocycles. The average molecular weight is 466 g/mol. The molecule has 172 valence electrons. The monoisotopic (exact) mass is 465 g/mol. The number of carbonyl (C=O) groups is 1. The molecule has 1 aromatic heterocycles. The molecule has 0 atom stereocenters. The second kappa shape index (κ2) is 9.63. The number of hydrogen-bond donors (Lipinski definition) is 2. The van der Waals surface area contributed by atoms with Crippen molar-refractivity contribution in [3.63, 3.8) is 0 Å². The molecule has 7 nitrogen and oxygen atoms in total. The van der Waals surface area contributed by atoms with Crippen molar-refractivity contribution in [2.75, 3.05) is 31.5 Å². The minimum Gasteiger partial charge on any atom is -0.507 e. The van der Waals surface area contributed by atoms with Crippen molar-refractivity contribution in [3.05, 3.63) is 58.4 Å². The lowest BCUT2D eigenvalue weighted by Crippen LogP contribution is -2.21. The minimum atomic E-state index is -0.414. The van der Waals surface area contributed by atoms with Gasteiger partial charge in [-0.3, -0.25) is 14.6 Å². The van der Waals surface area contributed by atoms with Gasteiger partial charge in [0.1, 0.15) is 5.75 Å². The average Bonchev–Trinajstić information content (AvgIpc) is 3.51. The van der Waals surface area contributed by atoms with Gasteiger partial charge in [-0.2, -0.15) is 0 Å². The van der Waals surface area contributed by atoms with E-state index in [-0.39, 0.29) is 10.8 Å². The van der Waals surface area contributed by atoms with E-state index in [1.165, 1.54) is 25.7 Å². The van der Waals surface area contributed by atoms with Gasteiger partial charge in [-0.25, -0.2) is 9.97 Å². The molecule has 0 unspecified atom stereocenters. The van der Waals surface area contributed by atoms with Gasteiger partial charge in [0.2, 0.25) is 0 Å². The first-order chi connectivity index (χ1) is 16.1. The lowest BCUT2D eigenvalue weighted by Gasteiger charge is -2.21. The van der Waals surface area contributed by atoms with Crippen molar-refractivity contribution in [1.82, 2.24) is 19.8 Å². The number of rotatable bonds is 6. The first-order valence-corrected chi connectivity index (χ1v) is 12.0. The highest BCUT2D eigenvalue weighted by Crippen LogP contribution is 2.31. The lowest BCUT2D eigenvalue weighted by molar-refractivity contribution is 0.102. The number of nitrogens with zero attached hydrogens (tertiary/aromatic N) is 4. The van der Waals surface area contributed by atoms with Crippen molar-refractivity contribution in [1.29, 1.82) is 0 Å². The van der Waals surface area contributed by atoms with Crippen LogP contribution in [-0.2, 0) is 13.1 Å². The number of benzene rings is 2. The molecule has 8 heteroatoms. The number of carbonyl (C=O) groups excluding carboxylic acids is 1. The van der Waals surface area contributed by atoms with Crippen molar-refractivity contribution in [3.8, 4) is 5.75 Å². The topological polar surface area (TPSA) is 81.6 Å². The smallest absolute Gasteiger partial charge is 0.277 e. The van der Waals surface area contributed by atoms with Gasteiger partial charge in [0, 0.05) is 29.9 Å². The van der Waals surface area contributed by atoms with Crippen molar-refractivity contribution >= 4 is 34.2 Å². The van der Waals surface area contributed by atoms with E-state index in [9.17, 15) is 9.90 Å². The standard InChI is InChI=1S/C25H28ClN5O2/c26-24-22(28-20-7-1-2-8-21(20)29-24)25(33)27-19-13-17(15-30-9-3-4-10-30)23(32)18(14-19)16-31-11-5-6-12-31/h1-2,7-8,13-14,32H,3-6,9-12,15-16H2,(H,27,33). The fraction of sp³-hybridized carbons (Fsp3) is 0.400. The van der Waals surface area contributed by atoms with Crippen LogP contribution in [-0.4, -0.2) is 57.0 Å². The Morgan fingerprint density at radius 1 is 0.909 bits per heavy atom. The predicted molar refractivity (Wildman–Crippen MR) is 130 cm³/mol. The fourth-order valence-corrected chi connectivity index (χ4v) is 4.97. The number of phenols is 1. The van der Waals surface area contributed by atoms with E-state index in [1.54, 1.807) is 6.07 Å². The Hall–Kier alpha value is -2.74. The summed E-state index contributed by atoms with van der Waals surface area (Å²) in [4.78, 5) is 26.5. The number of phenolic OH excluding ortho intramolecular Hbond substituents is 1. The molecule has 2 saturated heterocycles. The van der Waals surface area contributed by atoms with Crippen molar-refractivity contribution in [2.24, 2.45) is 0 Å². The third kappa shape index (κ3) is 4.95. The number of anilines is 1. The molecule has 3 heterocycles. The fourth-order valence-electron chi connectivity index (χ4n) is 4.75. The van der Waals surface area contributed by atoms with E-state index in [2.05, 4.69) is 25.1 Å². The van der Waals surface area contributed by atoms with Gasteiger partial charge in [0.15, 0.2) is 10.8 Å². The summed E-state index contributed by atoms with van der Waals surface area (Å²) in [5.74, 6) is -0.0847. The summed E-state index contributed by atoms with van der Waals surface area (Å²) in [7, 11) is 0. The van der Waals surface area contributed by atoms with Crippen LogP contribution < -0.4 is 5.32 Å². The minimum absolute atomic E-state index is 0.0690. The van der Waals surface area contributed by atoms with Crippen LogP contribution in [0.4, 0.5) is 5.69 Å². The number of hydrogen-bond acceptors (Lipinski definition) is 6. The molecule has 2 aromatic carbocycles. The zero-order valence-electron chi connectivity index (χ0n) is 18.6. The van der Waals surface area contributed by atoms with Gasteiger partial charge < -0.3 is 10.4 Å². The van der Waals surface area contributed by atoms with Gasteiger partial charge in [0.25, 0.3) is 5.91 Å². The van der Waals surface area contributed by atoms with Gasteiger partial charge in [0.05, 0.1) is 11.0 Å². The summed E-state index contributed by atoms with van der Waals surface area (Å²) in [6.45, 7) is 5.44. The van der Waals surface area contributed by atoms with E-state index in [0.29, 0.717) is 35.6 Å². The summed E-state index contributed by atoms with van der Waals surface area (Å²) in [6.07, 6.45) is 4.71. The zero-order chi connectivity index (χ0) is 22.8. The van der Waals surface area contributed by atoms with Crippen LogP contribution in [0.2, 0.25) is 5.15 Å². The van der Waals surface area contributed by atoms with Crippen LogP contribution in [0, 0.1) is 0 Å². The van der Waals surface area contributed by atoms with Crippen LogP contribution in [0.15, 0.2) is 36.4 Å². The normalized spacial score (nSPS) is 17.1. The maximum Gasteiger partial charge on any atom is 0.277 e. The molecule has 1 amide bonds. The number of para-hydroxylation sites is 2. The summed E-state index contributed by atoms with van der Waals surface area (Å²) < 4.78 is 0.